The molecule has 0 amide bonds. The molecule has 0 aromatic carbocycles. The van der Waals surface area contributed by atoms with E-state index in [1.807, 2.05) is 0 Å². The monoisotopic (exact) mass is 184 g/mol. The summed E-state index contributed by atoms with van der Waals surface area (Å²) in [5.41, 5.74) is 0. The first kappa shape index (κ1) is 10.5. The van der Waals surface area contributed by atoms with E-state index in [2.05, 4.69) is 25.7 Å². The van der Waals surface area contributed by atoms with Crippen LogP contribution in [0.5, 0.6) is 0 Å². The van der Waals surface area contributed by atoms with Gasteiger partial charge in [0, 0.05) is 25.6 Å². The molecule has 0 saturated carbocycles. The summed E-state index contributed by atoms with van der Waals surface area (Å²) in [5.74, 6) is 1.07. The Hall–Kier alpha value is -0.570. The van der Waals surface area contributed by atoms with Crippen LogP contribution in [0.15, 0.2) is 0 Å². The molecule has 1 saturated heterocycles. The molecular formula is C10H20N2O. The van der Waals surface area contributed by atoms with E-state index < -0.39 is 0 Å². The molecule has 1 unspecified atom stereocenters. The fourth-order valence-electron chi connectivity index (χ4n) is 1.58. The van der Waals surface area contributed by atoms with Gasteiger partial charge in [-0.25, -0.2) is 0 Å². The maximum Gasteiger partial charge on any atom is 0.0984 e. The summed E-state index contributed by atoms with van der Waals surface area (Å²) in [6.45, 7) is 8.89. The fraction of sp³-hybridized carbons (Fsp3) is 0.900. The minimum absolute atomic E-state index is 0.265. The lowest BCUT2D eigenvalue weighted by Gasteiger charge is -2.26. The Labute approximate surface area is 80.6 Å². The summed E-state index contributed by atoms with van der Waals surface area (Å²) in [4.78, 5) is 2.14. The van der Waals surface area contributed by atoms with E-state index in [0.29, 0.717) is 5.92 Å². The molecule has 3 nitrogen and oxygen atoms in total. The molecule has 1 heterocycles. The zero-order chi connectivity index (χ0) is 9.84. The van der Waals surface area contributed by atoms with Gasteiger partial charge >= 0.3 is 0 Å². The molecule has 13 heavy (non-hydrogen) atoms. The smallest absolute Gasteiger partial charge is 0.0984 e. The van der Waals surface area contributed by atoms with Gasteiger partial charge in [0.05, 0.1) is 11.9 Å². The average Bonchev–Trinajstić information content (AvgIpc) is 2.28. The molecule has 0 aromatic rings. The van der Waals surface area contributed by atoms with Crippen LogP contribution in [0.1, 0.15) is 27.2 Å². The van der Waals surface area contributed by atoms with Crippen LogP contribution in [0.25, 0.3) is 0 Å². The standard InChI is InChI=1S/C10H20N2O/c1-8(2)10(11)12-5-4-6-13-9(3)7-12/h8-9,11H,4-7H2,1-3H3. The highest BCUT2D eigenvalue weighted by atomic mass is 16.5. The quantitative estimate of drug-likeness (QED) is 0.497. The third-order valence-electron chi connectivity index (χ3n) is 2.34. The highest BCUT2D eigenvalue weighted by molar-refractivity contribution is 5.81. The number of nitrogens with one attached hydrogen (secondary N) is 1. The molecule has 0 spiro atoms. The predicted octanol–water partition coefficient (Wildman–Crippen LogP) is 1.73. The van der Waals surface area contributed by atoms with E-state index in [1.165, 1.54) is 0 Å². The lowest BCUT2D eigenvalue weighted by molar-refractivity contribution is 0.0740. The van der Waals surface area contributed by atoms with Crippen molar-refractivity contribution in [2.45, 2.75) is 33.3 Å². The second-order valence-electron chi connectivity index (χ2n) is 4.02. The Bertz CT molecular complexity index is 180. The second kappa shape index (κ2) is 4.61. The Morgan fingerprint density at radius 2 is 2.23 bits per heavy atom. The summed E-state index contributed by atoms with van der Waals surface area (Å²) >= 11 is 0. The first-order chi connectivity index (χ1) is 6.11. The zero-order valence-electron chi connectivity index (χ0n) is 8.84. The fourth-order valence-corrected chi connectivity index (χ4v) is 1.58. The molecule has 0 bridgehead atoms. The van der Waals surface area contributed by atoms with Crippen molar-refractivity contribution in [3.63, 3.8) is 0 Å². The number of hydrogen-bond acceptors (Lipinski definition) is 2. The highest BCUT2D eigenvalue weighted by Gasteiger charge is 2.18. The maximum atomic E-state index is 7.90. The largest absolute Gasteiger partial charge is 0.377 e. The third kappa shape index (κ3) is 2.99. The predicted molar refractivity (Wildman–Crippen MR) is 54.2 cm³/mol. The number of hydrogen-bond donors (Lipinski definition) is 1. The van der Waals surface area contributed by atoms with Crippen LogP contribution in [-0.2, 0) is 4.74 Å². The molecule has 1 fully saturated rings. The molecule has 76 valence electrons. The van der Waals surface area contributed by atoms with Crippen molar-refractivity contribution in [2.75, 3.05) is 19.7 Å². The molecule has 0 aromatic heterocycles. The van der Waals surface area contributed by atoms with Crippen LogP contribution < -0.4 is 0 Å². The molecule has 0 radical (unpaired) electrons. The van der Waals surface area contributed by atoms with Gasteiger partial charge in [0.2, 0.25) is 0 Å². The second-order valence-corrected chi connectivity index (χ2v) is 4.02. The van der Waals surface area contributed by atoms with Crippen LogP contribution in [0.4, 0.5) is 0 Å². The van der Waals surface area contributed by atoms with Gasteiger partial charge in [0.25, 0.3) is 0 Å². The topological polar surface area (TPSA) is 36.3 Å². The molecule has 1 aliphatic rings. The van der Waals surface area contributed by atoms with Crippen LogP contribution in [-0.4, -0.2) is 36.5 Å². The van der Waals surface area contributed by atoms with Crippen molar-refractivity contribution >= 4 is 5.84 Å². The molecule has 1 aliphatic heterocycles. The van der Waals surface area contributed by atoms with Crippen LogP contribution in [0, 0.1) is 11.3 Å². The Kier molecular flexibility index (Phi) is 3.72. The lowest BCUT2D eigenvalue weighted by Crippen LogP contribution is -2.37. The van der Waals surface area contributed by atoms with E-state index in [1.54, 1.807) is 0 Å². The molecule has 1 rings (SSSR count). The van der Waals surface area contributed by atoms with Gasteiger partial charge in [0.1, 0.15) is 0 Å². The van der Waals surface area contributed by atoms with Crippen molar-refractivity contribution in [1.29, 1.82) is 5.41 Å². The molecule has 1 N–H and O–H groups in total. The lowest BCUT2D eigenvalue weighted by atomic mass is 10.1. The maximum absolute atomic E-state index is 7.90. The highest BCUT2D eigenvalue weighted by Crippen LogP contribution is 2.09. The summed E-state index contributed by atoms with van der Waals surface area (Å²) < 4.78 is 5.52. The normalized spacial score (nSPS) is 24.6. The Morgan fingerprint density at radius 3 is 2.85 bits per heavy atom. The zero-order valence-corrected chi connectivity index (χ0v) is 8.84. The van der Waals surface area contributed by atoms with Gasteiger partial charge in [-0.3, -0.25) is 5.41 Å². The molecule has 3 heteroatoms. The minimum atomic E-state index is 0.265. The van der Waals surface area contributed by atoms with Gasteiger partial charge in [-0.2, -0.15) is 0 Å². The average molecular weight is 184 g/mol. The number of rotatable bonds is 1. The van der Waals surface area contributed by atoms with E-state index in [4.69, 9.17) is 10.1 Å². The van der Waals surface area contributed by atoms with Crippen LogP contribution in [0.3, 0.4) is 0 Å². The summed E-state index contributed by atoms with van der Waals surface area (Å²) in [6, 6.07) is 0. The van der Waals surface area contributed by atoms with Gasteiger partial charge in [-0.1, -0.05) is 13.8 Å². The van der Waals surface area contributed by atoms with E-state index in [-0.39, 0.29) is 6.10 Å². The van der Waals surface area contributed by atoms with Crippen molar-refractivity contribution in [3.8, 4) is 0 Å². The van der Waals surface area contributed by atoms with Gasteiger partial charge in [-0.15, -0.1) is 0 Å². The summed E-state index contributed by atoms with van der Waals surface area (Å²) in [5, 5.41) is 7.90. The Balaban J connectivity index is 2.52. The van der Waals surface area contributed by atoms with E-state index in [0.717, 1.165) is 32.0 Å². The van der Waals surface area contributed by atoms with Crippen LogP contribution >= 0.6 is 0 Å². The number of nitrogens with zero attached hydrogens (tertiary/aromatic N) is 1. The minimum Gasteiger partial charge on any atom is -0.377 e. The van der Waals surface area contributed by atoms with E-state index >= 15 is 0 Å². The summed E-state index contributed by atoms with van der Waals surface area (Å²) in [6.07, 6.45) is 1.31. The van der Waals surface area contributed by atoms with Gasteiger partial charge in [0.15, 0.2) is 0 Å². The molecule has 0 aliphatic carbocycles. The van der Waals surface area contributed by atoms with Gasteiger partial charge < -0.3 is 9.64 Å². The van der Waals surface area contributed by atoms with Crippen molar-refractivity contribution in [2.24, 2.45) is 5.92 Å². The van der Waals surface area contributed by atoms with Gasteiger partial charge in [-0.05, 0) is 13.3 Å². The SMILES string of the molecule is CC1CN(C(=N)C(C)C)CCCO1. The first-order valence-electron chi connectivity index (χ1n) is 5.06. The Morgan fingerprint density at radius 1 is 1.54 bits per heavy atom. The van der Waals surface area contributed by atoms with E-state index in [9.17, 15) is 0 Å². The first-order valence-corrected chi connectivity index (χ1v) is 5.06. The van der Waals surface area contributed by atoms with Crippen molar-refractivity contribution in [1.82, 2.24) is 4.90 Å². The van der Waals surface area contributed by atoms with Crippen LogP contribution in [0.2, 0.25) is 0 Å². The number of amidine groups is 1. The number of ether oxygens (including phenoxy) is 1. The molecule has 1 atom stereocenters. The summed E-state index contributed by atoms with van der Waals surface area (Å²) in [7, 11) is 0. The molecular weight excluding hydrogens is 164 g/mol. The van der Waals surface area contributed by atoms with Crippen molar-refractivity contribution in [3.05, 3.63) is 0 Å². The third-order valence-corrected chi connectivity index (χ3v) is 2.34. The van der Waals surface area contributed by atoms with Crippen molar-refractivity contribution < 1.29 is 4.74 Å².